The maximum Gasteiger partial charge on any atom is 0.223 e. The lowest BCUT2D eigenvalue weighted by Gasteiger charge is -2.20. The number of hydrogen-bond acceptors (Lipinski definition) is 5. The molecule has 1 aromatic carbocycles. The molecule has 0 radical (unpaired) electrons. The molecule has 28 heavy (non-hydrogen) atoms. The lowest BCUT2D eigenvalue weighted by molar-refractivity contribution is -0.255. The third-order valence-electron chi connectivity index (χ3n) is 5.90. The number of aromatic nitrogens is 2. The Labute approximate surface area is 164 Å². The van der Waals surface area contributed by atoms with E-state index in [9.17, 15) is 14.7 Å². The zero-order chi connectivity index (χ0) is 19.7. The van der Waals surface area contributed by atoms with E-state index < -0.39 is 5.97 Å². The number of benzene rings is 1. The van der Waals surface area contributed by atoms with Gasteiger partial charge in [0.05, 0.1) is 35.7 Å². The smallest absolute Gasteiger partial charge is 0.223 e. The van der Waals surface area contributed by atoms with E-state index in [0.717, 1.165) is 56.5 Å². The second kappa shape index (κ2) is 7.91. The molecule has 7 nitrogen and oxygen atoms in total. The van der Waals surface area contributed by atoms with Crippen LogP contribution in [-0.2, 0) is 16.1 Å². The summed E-state index contributed by atoms with van der Waals surface area (Å²) >= 11 is 0. The van der Waals surface area contributed by atoms with Crippen molar-refractivity contribution in [1.29, 1.82) is 0 Å². The summed E-state index contributed by atoms with van der Waals surface area (Å²) in [6.07, 6.45) is 6.23. The van der Waals surface area contributed by atoms with Crippen LogP contribution in [0.1, 0.15) is 67.7 Å². The van der Waals surface area contributed by atoms with E-state index in [1.54, 1.807) is 6.07 Å². The van der Waals surface area contributed by atoms with Gasteiger partial charge < -0.3 is 24.5 Å². The number of ether oxygens (including phenoxy) is 1. The van der Waals surface area contributed by atoms with Crippen molar-refractivity contribution in [3.63, 3.8) is 0 Å². The van der Waals surface area contributed by atoms with Crippen molar-refractivity contribution in [3.8, 4) is 0 Å². The summed E-state index contributed by atoms with van der Waals surface area (Å²) in [7, 11) is 0. The summed E-state index contributed by atoms with van der Waals surface area (Å²) < 4.78 is 7.85. The van der Waals surface area contributed by atoms with Gasteiger partial charge in [-0.3, -0.25) is 4.79 Å². The molecule has 7 heteroatoms. The van der Waals surface area contributed by atoms with Gasteiger partial charge in [-0.15, -0.1) is 0 Å². The molecule has 2 heterocycles. The number of carbonyl (C=O) groups excluding carboxylic acids is 2. The fourth-order valence-electron chi connectivity index (χ4n) is 4.37. The third-order valence-corrected chi connectivity index (χ3v) is 5.90. The maximum absolute atomic E-state index is 12.6. The van der Waals surface area contributed by atoms with Gasteiger partial charge in [-0.25, -0.2) is 4.98 Å². The average molecular weight is 384 g/mol. The number of aromatic carboxylic acids is 1. The van der Waals surface area contributed by atoms with Gasteiger partial charge in [0.1, 0.15) is 5.82 Å². The Balaban J connectivity index is 1.65. The standard InChI is InChI=1S/C21H27N3O4/c1-13(22-20(25)14-5-2-3-6-14)19-23-17-11-15(21(26)27)8-9-18(17)24(19)12-16-7-4-10-28-16/h8-9,11,13-14,16H,2-7,10,12H2,1H3,(H,22,25)(H,26,27)/p-1/t13-,16+/m1/s1. The van der Waals surface area contributed by atoms with Crippen LogP contribution in [-0.4, -0.2) is 34.1 Å². The van der Waals surface area contributed by atoms with Gasteiger partial charge in [-0.1, -0.05) is 18.9 Å². The molecule has 150 valence electrons. The van der Waals surface area contributed by atoms with Crippen molar-refractivity contribution in [2.24, 2.45) is 5.92 Å². The Morgan fingerprint density at radius 1 is 1.29 bits per heavy atom. The summed E-state index contributed by atoms with van der Waals surface area (Å²) in [6, 6.07) is 4.56. The van der Waals surface area contributed by atoms with Crippen LogP contribution in [0.4, 0.5) is 0 Å². The summed E-state index contributed by atoms with van der Waals surface area (Å²) in [5, 5.41) is 14.3. The van der Waals surface area contributed by atoms with Crippen molar-refractivity contribution in [2.45, 2.75) is 64.1 Å². The van der Waals surface area contributed by atoms with Crippen molar-refractivity contribution >= 4 is 22.9 Å². The fraction of sp³-hybridized carbons (Fsp3) is 0.571. The van der Waals surface area contributed by atoms with Gasteiger partial charge in [-0.2, -0.15) is 0 Å². The van der Waals surface area contributed by atoms with Gasteiger partial charge in [-0.05, 0) is 50.3 Å². The fourth-order valence-corrected chi connectivity index (χ4v) is 4.37. The Morgan fingerprint density at radius 2 is 2.07 bits per heavy atom. The minimum absolute atomic E-state index is 0.0798. The lowest BCUT2D eigenvalue weighted by atomic mass is 10.1. The van der Waals surface area contributed by atoms with Crippen LogP contribution in [0, 0.1) is 5.92 Å². The van der Waals surface area contributed by atoms with Gasteiger partial charge in [0.15, 0.2) is 0 Å². The molecule has 2 fully saturated rings. The highest BCUT2D eigenvalue weighted by Crippen LogP contribution is 2.28. The highest BCUT2D eigenvalue weighted by Gasteiger charge is 2.27. The number of nitrogens with zero attached hydrogens (tertiary/aromatic N) is 2. The minimum atomic E-state index is -1.22. The van der Waals surface area contributed by atoms with E-state index in [1.807, 2.05) is 6.92 Å². The number of carboxylic acids is 1. The first-order chi connectivity index (χ1) is 13.5. The minimum Gasteiger partial charge on any atom is -0.545 e. The molecular formula is C21H26N3O4-. The molecule has 4 rings (SSSR count). The molecule has 0 bridgehead atoms. The zero-order valence-corrected chi connectivity index (χ0v) is 16.1. The molecule has 0 spiro atoms. The first kappa shape index (κ1) is 18.9. The van der Waals surface area contributed by atoms with Crippen LogP contribution < -0.4 is 10.4 Å². The van der Waals surface area contributed by atoms with Crippen LogP contribution in [0.3, 0.4) is 0 Å². The summed E-state index contributed by atoms with van der Waals surface area (Å²) in [5.74, 6) is -0.327. The maximum atomic E-state index is 12.6. The monoisotopic (exact) mass is 384 g/mol. The summed E-state index contributed by atoms with van der Waals surface area (Å²) in [6.45, 7) is 3.33. The Kier molecular flexibility index (Phi) is 5.35. The molecule has 1 amide bonds. The van der Waals surface area contributed by atoms with Crippen molar-refractivity contribution in [3.05, 3.63) is 29.6 Å². The number of carboxylic acid groups (broad SMARTS) is 1. The predicted molar refractivity (Wildman–Crippen MR) is 102 cm³/mol. The van der Waals surface area contributed by atoms with Crippen LogP contribution in [0.15, 0.2) is 18.2 Å². The summed E-state index contributed by atoms with van der Waals surface area (Å²) in [5.41, 5.74) is 1.54. The molecule has 1 aromatic heterocycles. The molecule has 1 saturated carbocycles. The average Bonchev–Trinajstić information content (AvgIpc) is 3.43. The van der Waals surface area contributed by atoms with E-state index in [4.69, 9.17) is 4.74 Å². The van der Waals surface area contributed by atoms with Crippen molar-refractivity contribution in [1.82, 2.24) is 14.9 Å². The van der Waals surface area contributed by atoms with Gasteiger partial charge in [0.2, 0.25) is 5.91 Å². The number of fused-ring (bicyclic) bond motifs is 1. The van der Waals surface area contributed by atoms with Crippen molar-refractivity contribution in [2.75, 3.05) is 6.61 Å². The lowest BCUT2D eigenvalue weighted by Crippen LogP contribution is -2.33. The number of imidazole rings is 1. The molecule has 2 atom stereocenters. The molecule has 1 aliphatic heterocycles. The SMILES string of the molecule is C[C@@H](NC(=O)C1CCCC1)c1nc2cc(C(=O)[O-])ccc2n1C[C@@H]1CCCO1. The Morgan fingerprint density at radius 3 is 2.75 bits per heavy atom. The first-order valence-electron chi connectivity index (χ1n) is 10.2. The van der Waals surface area contributed by atoms with Crippen molar-refractivity contribution < 1.29 is 19.4 Å². The molecular weight excluding hydrogens is 358 g/mol. The van der Waals surface area contributed by atoms with E-state index in [2.05, 4.69) is 14.9 Å². The topological polar surface area (TPSA) is 96.3 Å². The van der Waals surface area contributed by atoms with Crippen LogP contribution in [0.2, 0.25) is 0 Å². The number of rotatable bonds is 6. The molecule has 2 aliphatic rings. The van der Waals surface area contributed by atoms with Crippen LogP contribution in [0.5, 0.6) is 0 Å². The van der Waals surface area contributed by atoms with Crippen LogP contribution >= 0.6 is 0 Å². The predicted octanol–water partition coefficient (Wildman–Crippen LogP) is 1.95. The Bertz CT molecular complexity index is 879. The molecule has 1 aliphatic carbocycles. The number of carbonyl (C=O) groups is 2. The normalized spacial score (nSPS) is 21.2. The van der Waals surface area contributed by atoms with E-state index >= 15 is 0 Å². The molecule has 1 N–H and O–H groups in total. The molecule has 0 unspecified atom stereocenters. The largest absolute Gasteiger partial charge is 0.545 e. The molecule has 1 saturated heterocycles. The number of hydrogen-bond donors (Lipinski definition) is 1. The number of nitrogens with one attached hydrogen (secondary N) is 1. The second-order valence-corrected chi connectivity index (χ2v) is 7.92. The van der Waals surface area contributed by atoms with Gasteiger partial charge in [0.25, 0.3) is 0 Å². The highest BCUT2D eigenvalue weighted by atomic mass is 16.5. The highest BCUT2D eigenvalue weighted by molar-refractivity contribution is 5.91. The third kappa shape index (κ3) is 3.76. The van der Waals surface area contributed by atoms with Gasteiger partial charge >= 0.3 is 0 Å². The number of amides is 1. The van der Waals surface area contributed by atoms with Gasteiger partial charge in [0, 0.05) is 12.5 Å². The van der Waals surface area contributed by atoms with E-state index in [-0.39, 0.29) is 29.5 Å². The van der Waals surface area contributed by atoms with Crippen LogP contribution in [0.25, 0.3) is 11.0 Å². The second-order valence-electron chi connectivity index (χ2n) is 7.92. The molecule has 2 aromatic rings. The van der Waals surface area contributed by atoms with E-state index in [1.165, 1.54) is 12.1 Å². The summed E-state index contributed by atoms with van der Waals surface area (Å²) in [4.78, 5) is 28.5. The Hall–Kier alpha value is -2.41. The van der Waals surface area contributed by atoms with E-state index in [0.29, 0.717) is 12.1 Å². The zero-order valence-electron chi connectivity index (χ0n) is 16.1. The first-order valence-corrected chi connectivity index (χ1v) is 10.2. The quantitative estimate of drug-likeness (QED) is 0.821.